The van der Waals surface area contributed by atoms with Gasteiger partial charge in [0.2, 0.25) is 5.83 Å². The van der Waals surface area contributed by atoms with Gasteiger partial charge in [0.15, 0.2) is 0 Å². The van der Waals surface area contributed by atoms with E-state index in [1.165, 1.54) is 0 Å². The van der Waals surface area contributed by atoms with Crippen molar-refractivity contribution in [2.75, 3.05) is 6.61 Å². The lowest BCUT2D eigenvalue weighted by atomic mass is 10.1. The number of hydrogen-bond acceptors (Lipinski definition) is 5. The van der Waals surface area contributed by atoms with E-state index in [0.29, 0.717) is 13.0 Å². The minimum absolute atomic E-state index is 0.107. The molecule has 1 heterocycles. The maximum absolute atomic E-state index is 13.5. The summed E-state index contributed by atoms with van der Waals surface area (Å²) in [5.74, 6) is -2.50. The number of hydrogen-bond donors (Lipinski definition) is 2. The van der Waals surface area contributed by atoms with Gasteiger partial charge in [-0.1, -0.05) is 18.5 Å². The van der Waals surface area contributed by atoms with Gasteiger partial charge < -0.3 is 14.9 Å². The monoisotopic (exact) mass is 252 g/mol. The van der Waals surface area contributed by atoms with Gasteiger partial charge in [0, 0.05) is 5.92 Å². The Hall–Kier alpha value is -1.34. The average Bonchev–Trinajstić information content (AvgIpc) is 2.63. The summed E-state index contributed by atoms with van der Waals surface area (Å²) >= 11 is 5.62. The molecule has 1 aliphatic heterocycles. The van der Waals surface area contributed by atoms with Crippen LogP contribution in [0.4, 0.5) is 4.39 Å². The van der Waals surface area contributed by atoms with Crippen LogP contribution in [0.5, 0.6) is 0 Å². The largest absolute Gasteiger partial charge is 0.496 e. The van der Waals surface area contributed by atoms with Crippen LogP contribution in [-0.4, -0.2) is 16.7 Å². The van der Waals surface area contributed by atoms with Crippen LogP contribution < -0.4 is 5.48 Å². The van der Waals surface area contributed by atoms with Gasteiger partial charge in [-0.05, 0) is 11.3 Å². The van der Waals surface area contributed by atoms with E-state index in [4.69, 9.17) is 21.5 Å². The minimum atomic E-state index is -1.35. The van der Waals surface area contributed by atoms with Crippen molar-refractivity contribution in [3.05, 3.63) is 32.6 Å². The highest BCUT2D eigenvalue weighted by atomic mass is 35.5. The van der Waals surface area contributed by atoms with Crippen molar-refractivity contribution in [1.29, 1.82) is 0 Å². The first kappa shape index (κ1) is 12.7. The lowest BCUT2D eigenvalue weighted by Crippen LogP contribution is -2.17. The molecule has 1 unspecified atom stereocenters. The van der Waals surface area contributed by atoms with Crippen molar-refractivity contribution in [3.63, 3.8) is 0 Å². The fraction of sp³-hybridized carbons (Fsp3) is 0.500. The molecule has 1 fully saturated rings. The fourth-order valence-electron chi connectivity index (χ4n) is 1.28. The van der Waals surface area contributed by atoms with Gasteiger partial charge in [-0.2, -0.15) is 4.39 Å². The molecule has 1 saturated heterocycles. The summed E-state index contributed by atoms with van der Waals surface area (Å²) in [5.41, 5.74) is 1.15. The summed E-state index contributed by atoms with van der Waals surface area (Å²) in [6.45, 7) is 2.15. The summed E-state index contributed by atoms with van der Waals surface area (Å²) < 4.78 is 18.5. The smallest absolute Gasteiger partial charge is 0.383 e. The van der Waals surface area contributed by atoms with E-state index in [0.717, 1.165) is 5.48 Å². The molecule has 90 valence electrons. The second kappa shape index (κ2) is 5.13. The molecule has 1 aliphatic rings. The highest BCUT2D eigenvalue weighted by Gasteiger charge is 2.28. The second-order valence-corrected chi connectivity index (χ2v) is 3.63. The van der Waals surface area contributed by atoms with Gasteiger partial charge in [-0.3, -0.25) is 0 Å². The molecule has 0 radical (unpaired) electrons. The van der Waals surface area contributed by atoms with E-state index < -0.39 is 21.6 Å². The summed E-state index contributed by atoms with van der Waals surface area (Å²) in [6.07, 6.45) is 0.666. The summed E-state index contributed by atoms with van der Waals surface area (Å²) in [4.78, 5) is 9.22. The predicted octanol–water partition coefficient (Wildman–Crippen LogP) is 1.89. The second-order valence-electron chi connectivity index (χ2n) is 3.25. The Balaban J connectivity index is 3.13. The Morgan fingerprint density at radius 3 is 2.81 bits per heavy atom. The SMILES string of the molecule is CC1CCO/C1=C(Cl)/C(F)=C(\NO)[N+](=O)[O-]. The third kappa shape index (κ3) is 2.42. The van der Waals surface area contributed by atoms with Crippen molar-refractivity contribution in [3.8, 4) is 0 Å². The summed E-state index contributed by atoms with van der Waals surface area (Å²) in [5, 5.41) is 18.3. The quantitative estimate of drug-likeness (QED) is 0.592. The van der Waals surface area contributed by atoms with Crippen LogP contribution in [0.25, 0.3) is 0 Å². The molecule has 0 aromatic carbocycles. The van der Waals surface area contributed by atoms with Crippen molar-refractivity contribution in [2.24, 2.45) is 5.92 Å². The van der Waals surface area contributed by atoms with E-state index in [2.05, 4.69) is 0 Å². The first-order chi connectivity index (χ1) is 7.49. The molecule has 16 heavy (non-hydrogen) atoms. The molecule has 2 N–H and O–H groups in total. The number of nitrogens with zero attached hydrogens (tertiary/aromatic N) is 1. The van der Waals surface area contributed by atoms with Gasteiger partial charge >= 0.3 is 5.82 Å². The Labute approximate surface area is 95.4 Å². The van der Waals surface area contributed by atoms with Crippen LogP contribution in [0.15, 0.2) is 22.4 Å². The fourth-order valence-corrected chi connectivity index (χ4v) is 1.61. The molecule has 6 nitrogen and oxygen atoms in total. The standard InChI is InChI=1S/C8H10ClFN2O4/c1-4-2-3-16-7(4)5(9)6(10)8(11-13)12(14)15/h4,11,13H,2-3H2,1H3/b7-5-,8-6-. The minimum Gasteiger partial charge on any atom is -0.496 e. The molecule has 0 aromatic rings. The molecule has 1 rings (SSSR count). The maximum Gasteiger partial charge on any atom is 0.383 e. The molecular weight excluding hydrogens is 243 g/mol. The van der Waals surface area contributed by atoms with E-state index in [1.54, 1.807) is 6.92 Å². The Morgan fingerprint density at radius 2 is 2.44 bits per heavy atom. The highest BCUT2D eigenvalue weighted by molar-refractivity contribution is 6.32. The number of hydroxylamine groups is 1. The van der Waals surface area contributed by atoms with Crippen molar-refractivity contribution < 1.29 is 19.3 Å². The first-order valence-electron chi connectivity index (χ1n) is 4.46. The molecule has 0 bridgehead atoms. The number of halogens is 2. The van der Waals surface area contributed by atoms with Crippen LogP contribution in [0.2, 0.25) is 0 Å². The Kier molecular flexibility index (Phi) is 4.08. The van der Waals surface area contributed by atoms with Crippen LogP contribution in [0, 0.1) is 16.0 Å². The zero-order valence-electron chi connectivity index (χ0n) is 8.37. The summed E-state index contributed by atoms with van der Waals surface area (Å²) in [6, 6.07) is 0. The lowest BCUT2D eigenvalue weighted by Gasteiger charge is -2.06. The van der Waals surface area contributed by atoms with Crippen molar-refractivity contribution in [1.82, 2.24) is 5.48 Å². The van der Waals surface area contributed by atoms with Crippen LogP contribution in [0.1, 0.15) is 13.3 Å². The molecule has 8 heteroatoms. The number of nitro groups is 1. The normalized spacial score (nSPS) is 24.6. The molecule has 0 spiro atoms. The topological polar surface area (TPSA) is 84.6 Å². The molecule has 1 atom stereocenters. The van der Waals surface area contributed by atoms with Gasteiger partial charge in [0.1, 0.15) is 10.8 Å². The van der Waals surface area contributed by atoms with E-state index >= 15 is 0 Å². The first-order valence-corrected chi connectivity index (χ1v) is 4.84. The molecule has 0 amide bonds. The van der Waals surface area contributed by atoms with Gasteiger partial charge in [-0.25, -0.2) is 5.21 Å². The molecular formula is C8H10ClFN2O4. The Morgan fingerprint density at radius 1 is 1.81 bits per heavy atom. The number of ether oxygens (including phenoxy) is 1. The average molecular weight is 253 g/mol. The number of rotatable bonds is 3. The third-order valence-corrected chi connectivity index (χ3v) is 2.51. The zero-order chi connectivity index (χ0) is 12.3. The highest BCUT2D eigenvalue weighted by Crippen LogP contribution is 2.33. The zero-order valence-corrected chi connectivity index (χ0v) is 9.12. The number of allylic oxidation sites excluding steroid dienone is 3. The van der Waals surface area contributed by atoms with E-state index in [-0.39, 0.29) is 11.7 Å². The Bertz CT molecular complexity index is 369. The summed E-state index contributed by atoms with van der Waals surface area (Å²) in [7, 11) is 0. The van der Waals surface area contributed by atoms with Gasteiger partial charge in [-0.15, -0.1) is 5.48 Å². The van der Waals surface area contributed by atoms with E-state index in [1.807, 2.05) is 0 Å². The third-order valence-electron chi connectivity index (χ3n) is 2.16. The van der Waals surface area contributed by atoms with E-state index in [9.17, 15) is 14.5 Å². The molecule has 0 aliphatic carbocycles. The van der Waals surface area contributed by atoms with Gasteiger partial charge in [0.05, 0.1) is 6.61 Å². The predicted molar refractivity (Wildman–Crippen MR) is 52.7 cm³/mol. The van der Waals surface area contributed by atoms with Crippen LogP contribution in [0.3, 0.4) is 0 Å². The van der Waals surface area contributed by atoms with Crippen molar-refractivity contribution in [2.45, 2.75) is 13.3 Å². The van der Waals surface area contributed by atoms with Crippen molar-refractivity contribution >= 4 is 11.6 Å². The molecule has 0 saturated carbocycles. The molecule has 0 aromatic heterocycles. The lowest BCUT2D eigenvalue weighted by molar-refractivity contribution is -0.441. The van der Waals surface area contributed by atoms with Gasteiger partial charge in [0.25, 0.3) is 0 Å². The maximum atomic E-state index is 13.5. The van der Waals surface area contributed by atoms with Crippen LogP contribution >= 0.6 is 11.6 Å². The number of nitrogens with one attached hydrogen (secondary N) is 1. The van der Waals surface area contributed by atoms with Crippen LogP contribution in [-0.2, 0) is 4.74 Å².